The first-order chi connectivity index (χ1) is 8.32. The predicted molar refractivity (Wildman–Crippen MR) is 68.2 cm³/mol. The number of carboxylic acid groups (broad SMARTS) is 1. The zero-order valence-corrected chi connectivity index (χ0v) is 10.9. The van der Waals surface area contributed by atoms with E-state index < -0.39 is 5.97 Å². The van der Waals surface area contributed by atoms with E-state index in [0.717, 1.165) is 11.5 Å². The van der Waals surface area contributed by atoms with Gasteiger partial charge in [-0.2, -0.15) is 9.61 Å². The number of carboxylic acids is 1. The largest absolute Gasteiger partial charge is 0.476 e. The summed E-state index contributed by atoms with van der Waals surface area (Å²) in [5.74, 6) is -0.336. The number of fused-ring (bicyclic) bond motifs is 1. The maximum absolute atomic E-state index is 10.9. The Labute approximate surface area is 105 Å². The fourth-order valence-corrected chi connectivity index (χ4v) is 1.64. The van der Waals surface area contributed by atoms with Crippen LogP contribution < -0.4 is 5.32 Å². The third-order valence-corrected chi connectivity index (χ3v) is 2.67. The highest BCUT2D eigenvalue weighted by atomic mass is 16.4. The molecule has 6 nitrogen and oxygen atoms in total. The molecule has 0 fully saturated rings. The van der Waals surface area contributed by atoms with Gasteiger partial charge in [0.05, 0.1) is 5.69 Å². The molecule has 6 heteroatoms. The molecule has 18 heavy (non-hydrogen) atoms. The van der Waals surface area contributed by atoms with Crippen molar-refractivity contribution in [2.45, 2.75) is 26.2 Å². The number of rotatable bonds is 2. The lowest BCUT2D eigenvalue weighted by Crippen LogP contribution is -2.15. The van der Waals surface area contributed by atoms with Crippen LogP contribution in [0.5, 0.6) is 0 Å². The molecule has 0 amide bonds. The van der Waals surface area contributed by atoms with Gasteiger partial charge >= 0.3 is 5.97 Å². The zero-order valence-electron chi connectivity index (χ0n) is 10.9. The van der Waals surface area contributed by atoms with Gasteiger partial charge in [-0.25, -0.2) is 9.78 Å². The Bertz CT molecular complexity index is 610. The molecule has 96 valence electrons. The Balaban J connectivity index is 2.72. The number of hydrogen-bond donors (Lipinski definition) is 2. The van der Waals surface area contributed by atoms with Crippen molar-refractivity contribution < 1.29 is 9.90 Å². The van der Waals surface area contributed by atoms with E-state index in [4.69, 9.17) is 5.11 Å². The topological polar surface area (TPSA) is 79.5 Å². The molecule has 0 saturated heterocycles. The second-order valence-electron chi connectivity index (χ2n) is 5.13. The summed E-state index contributed by atoms with van der Waals surface area (Å²) in [6.45, 7) is 6.17. The molecule has 2 aromatic heterocycles. The van der Waals surface area contributed by atoms with Crippen molar-refractivity contribution in [1.29, 1.82) is 0 Å². The number of aromatic nitrogens is 3. The second-order valence-corrected chi connectivity index (χ2v) is 5.13. The Morgan fingerprint density at radius 2 is 2.06 bits per heavy atom. The maximum atomic E-state index is 10.9. The van der Waals surface area contributed by atoms with Gasteiger partial charge in [0.2, 0.25) is 0 Å². The standard InChI is InChI=1S/C12H16N4O2/c1-12(2,3)8-6-9(13-4)16-10(14-8)5-7(15-16)11(17)18/h5-6,13H,1-4H3,(H,17,18). The molecule has 0 aliphatic carbocycles. The van der Waals surface area contributed by atoms with Gasteiger partial charge in [0.25, 0.3) is 0 Å². The minimum absolute atomic E-state index is 0.00920. The van der Waals surface area contributed by atoms with Crippen LogP contribution in [-0.4, -0.2) is 32.7 Å². The molecule has 0 saturated carbocycles. The Morgan fingerprint density at radius 1 is 1.39 bits per heavy atom. The second kappa shape index (κ2) is 3.97. The number of aromatic carboxylic acids is 1. The highest BCUT2D eigenvalue weighted by Gasteiger charge is 2.19. The quantitative estimate of drug-likeness (QED) is 0.846. The van der Waals surface area contributed by atoms with Crippen molar-refractivity contribution in [3.63, 3.8) is 0 Å². The Morgan fingerprint density at radius 3 is 2.56 bits per heavy atom. The van der Waals surface area contributed by atoms with Crippen LogP contribution in [0.25, 0.3) is 5.65 Å². The van der Waals surface area contributed by atoms with Crippen molar-refractivity contribution in [3.05, 3.63) is 23.5 Å². The van der Waals surface area contributed by atoms with E-state index in [-0.39, 0.29) is 11.1 Å². The monoisotopic (exact) mass is 248 g/mol. The van der Waals surface area contributed by atoms with E-state index >= 15 is 0 Å². The van der Waals surface area contributed by atoms with Crippen LogP contribution in [0.4, 0.5) is 5.82 Å². The first-order valence-corrected chi connectivity index (χ1v) is 5.65. The Kier molecular flexibility index (Phi) is 2.73. The predicted octanol–water partition coefficient (Wildman–Crippen LogP) is 1.77. The van der Waals surface area contributed by atoms with Gasteiger partial charge < -0.3 is 10.4 Å². The lowest BCUT2D eigenvalue weighted by Gasteiger charge is -2.18. The van der Waals surface area contributed by atoms with Crippen molar-refractivity contribution in [3.8, 4) is 0 Å². The van der Waals surface area contributed by atoms with Gasteiger partial charge in [-0.1, -0.05) is 20.8 Å². The van der Waals surface area contributed by atoms with Crippen LogP contribution in [0.1, 0.15) is 37.0 Å². The van der Waals surface area contributed by atoms with E-state index in [1.165, 1.54) is 10.6 Å². The fourth-order valence-electron chi connectivity index (χ4n) is 1.64. The number of carbonyl (C=O) groups is 1. The first-order valence-electron chi connectivity index (χ1n) is 5.65. The van der Waals surface area contributed by atoms with E-state index in [0.29, 0.717) is 5.65 Å². The van der Waals surface area contributed by atoms with Gasteiger partial charge in [-0.05, 0) is 0 Å². The van der Waals surface area contributed by atoms with Gasteiger partial charge in [-0.15, -0.1) is 0 Å². The van der Waals surface area contributed by atoms with E-state index in [1.807, 2.05) is 6.07 Å². The average molecular weight is 248 g/mol. The summed E-state index contributed by atoms with van der Waals surface area (Å²) in [5.41, 5.74) is 1.30. The summed E-state index contributed by atoms with van der Waals surface area (Å²) in [6, 6.07) is 3.35. The van der Waals surface area contributed by atoms with E-state index in [1.54, 1.807) is 7.05 Å². The van der Waals surface area contributed by atoms with Crippen LogP contribution in [-0.2, 0) is 5.41 Å². The molecule has 2 N–H and O–H groups in total. The third-order valence-electron chi connectivity index (χ3n) is 2.67. The zero-order chi connectivity index (χ0) is 13.5. The third kappa shape index (κ3) is 2.01. The number of nitrogens with one attached hydrogen (secondary N) is 1. The van der Waals surface area contributed by atoms with Crippen LogP contribution in [0, 0.1) is 0 Å². The van der Waals surface area contributed by atoms with Crippen LogP contribution in [0.15, 0.2) is 12.1 Å². The lowest BCUT2D eigenvalue weighted by molar-refractivity contribution is 0.0690. The van der Waals surface area contributed by atoms with Crippen molar-refractivity contribution >= 4 is 17.4 Å². The molecule has 0 bridgehead atoms. The van der Waals surface area contributed by atoms with Crippen molar-refractivity contribution in [2.75, 3.05) is 12.4 Å². The van der Waals surface area contributed by atoms with Crippen LogP contribution in [0.3, 0.4) is 0 Å². The average Bonchev–Trinajstić information content (AvgIpc) is 2.70. The molecule has 0 unspecified atom stereocenters. The highest BCUT2D eigenvalue weighted by Crippen LogP contribution is 2.24. The van der Waals surface area contributed by atoms with Gasteiger partial charge in [-0.3, -0.25) is 0 Å². The maximum Gasteiger partial charge on any atom is 0.356 e. The van der Waals surface area contributed by atoms with Gasteiger partial charge in [0.15, 0.2) is 11.3 Å². The molecular weight excluding hydrogens is 232 g/mol. The molecule has 0 aromatic carbocycles. The molecule has 0 radical (unpaired) electrons. The van der Waals surface area contributed by atoms with E-state index in [2.05, 4.69) is 36.2 Å². The summed E-state index contributed by atoms with van der Waals surface area (Å²) >= 11 is 0. The summed E-state index contributed by atoms with van der Waals surface area (Å²) in [5, 5.41) is 16.0. The fraction of sp³-hybridized carbons (Fsp3) is 0.417. The van der Waals surface area contributed by atoms with Crippen molar-refractivity contribution in [1.82, 2.24) is 14.6 Å². The van der Waals surface area contributed by atoms with Crippen LogP contribution in [0.2, 0.25) is 0 Å². The normalized spacial score (nSPS) is 11.8. The minimum Gasteiger partial charge on any atom is -0.476 e. The number of nitrogens with zero attached hydrogens (tertiary/aromatic N) is 3. The molecular formula is C12H16N4O2. The summed E-state index contributed by atoms with van der Waals surface area (Å²) in [7, 11) is 1.77. The molecule has 2 heterocycles. The lowest BCUT2D eigenvalue weighted by atomic mass is 9.92. The summed E-state index contributed by atoms with van der Waals surface area (Å²) < 4.78 is 1.50. The molecule has 0 spiro atoms. The Hall–Kier alpha value is -2.11. The van der Waals surface area contributed by atoms with Gasteiger partial charge in [0.1, 0.15) is 5.82 Å². The molecule has 0 atom stereocenters. The van der Waals surface area contributed by atoms with Gasteiger partial charge in [0, 0.05) is 24.6 Å². The summed E-state index contributed by atoms with van der Waals surface area (Å²) in [6.07, 6.45) is 0. The van der Waals surface area contributed by atoms with E-state index in [9.17, 15) is 4.79 Å². The number of anilines is 1. The molecule has 0 aliphatic heterocycles. The van der Waals surface area contributed by atoms with Crippen molar-refractivity contribution in [2.24, 2.45) is 0 Å². The summed E-state index contributed by atoms with van der Waals surface area (Å²) in [4.78, 5) is 15.4. The highest BCUT2D eigenvalue weighted by molar-refractivity contribution is 5.86. The molecule has 2 rings (SSSR count). The first kappa shape index (κ1) is 12.3. The smallest absolute Gasteiger partial charge is 0.356 e. The molecule has 2 aromatic rings. The number of hydrogen-bond acceptors (Lipinski definition) is 4. The minimum atomic E-state index is -1.06. The molecule has 0 aliphatic rings. The van der Waals surface area contributed by atoms with Crippen LogP contribution >= 0.6 is 0 Å². The SMILES string of the molecule is CNc1cc(C(C)(C)C)nc2cc(C(=O)O)nn12.